The zero-order valence-corrected chi connectivity index (χ0v) is 18.3. The summed E-state index contributed by atoms with van der Waals surface area (Å²) in [4.78, 5) is 40.5. The number of rotatable bonds is 6. The molecular formula is C22H14ClFN4O4S. The third-order valence-corrected chi connectivity index (χ3v) is 5.81. The largest absolute Gasteiger partial charge is 0.325 e. The van der Waals surface area contributed by atoms with Crippen LogP contribution in [0.3, 0.4) is 0 Å². The number of carbonyl (C=O) groups is 1. The van der Waals surface area contributed by atoms with Gasteiger partial charge in [-0.3, -0.25) is 24.3 Å². The Morgan fingerprint density at radius 1 is 1.15 bits per heavy atom. The Hall–Kier alpha value is -3.76. The summed E-state index contributed by atoms with van der Waals surface area (Å²) < 4.78 is 14.9. The molecule has 4 rings (SSSR count). The average Bonchev–Trinajstić information content (AvgIpc) is 2.80. The van der Waals surface area contributed by atoms with Crippen LogP contribution in [0, 0.1) is 15.9 Å². The maximum atomic E-state index is 13.7. The molecule has 1 N–H and O–H groups in total. The molecular weight excluding hydrogens is 471 g/mol. The SMILES string of the molecule is O=C(CSc1nc2ccccc2c(=O)n1-c1ccc(F)c(Cl)c1)Nc1cccc([N+](=O)[O-])c1. The van der Waals surface area contributed by atoms with Gasteiger partial charge in [-0.25, -0.2) is 9.37 Å². The molecule has 0 spiro atoms. The van der Waals surface area contributed by atoms with E-state index in [-0.39, 0.29) is 27.3 Å². The van der Waals surface area contributed by atoms with Crippen LogP contribution >= 0.6 is 23.4 Å². The van der Waals surface area contributed by atoms with E-state index in [1.54, 1.807) is 24.3 Å². The van der Waals surface area contributed by atoms with Crippen molar-refractivity contribution in [3.63, 3.8) is 0 Å². The Morgan fingerprint density at radius 2 is 1.94 bits per heavy atom. The number of non-ortho nitro benzene ring substituents is 1. The first-order valence-electron chi connectivity index (χ1n) is 9.48. The number of hydrogen-bond donors (Lipinski definition) is 1. The summed E-state index contributed by atoms with van der Waals surface area (Å²) in [6, 6.07) is 16.1. The third-order valence-electron chi connectivity index (χ3n) is 4.58. The summed E-state index contributed by atoms with van der Waals surface area (Å²) in [5, 5.41) is 13.9. The second kappa shape index (κ2) is 9.39. The van der Waals surface area contributed by atoms with Gasteiger partial charge in [0.25, 0.3) is 11.2 Å². The number of nitrogens with one attached hydrogen (secondary N) is 1. The number of nitrogens with zero attached hydrogens (tertiary/aromatic N) is 3. The van der Waals surface area contributed by atoms with Crippen molar-refractivity contribution in [3.8, 4) is 5.69 Å². The van der Waals surface area contributed by atoms with Crippen LogP contribution in [-0.4, -0.2) is 26.1 Å². The molecule has 11 heteroatoms. The van der Waals surface area contributed by atoms with E-state index in [2.05, 4.69) is 10.3 Å². The summed E-state index contributed by atoms with van der Waals surface area (Å²) >= 11 is 6.90. The van der Waals surface area contributed by atoms with Gasteiger partial charge in [0.05, 0.1) is 32.3 Å². The second-order valence-corrected chi connectivity index (χ2v) is 8.14. The first-order chi connectivity index (χ1) is 15.8. The van der Waals surface area contributed by atoms with Gasteiger partial charge in [0.1, 0.15) is 5.82 Å². The Kier molecular flexibility index (Phi) is 6.38. The molecule has 1 heterocycles. The fourth-order valence-electron chi connectivity index (χ4n) is 3.09. The number of benzene rings is 3. The molecule has 0 atom stereocenters. The van der Waals surface area contributed by atoms with E-state index in [0.29, 0.717) is 16.6 Å². The van der Waals surface area contributed by atoms with Crippen molar-refractivity contribution in [3.05, 3.63) is 98.0 Å². The average molecular weight is 485 g/mol. The minimum atomic E-state index is -0.632. The van der Waals surface area contributed by atoms with Gasteiger partial charge in [0, 0.05) is 17.8 Å². The third kappa shape index (κ3) is 4.86. The topological polar surface area (TPSA) is 107 Å². The van der Waals surface area contributed by atoms with Crippen LogP contribution in [0.2, 0.25) is 5.02 Å². The van der Waals surface area contributed by atoms with E-state index in [0.717, 1.165) is 17.8 Å². The quantitative estimate of drug-likeness (QED) is 0.182. The molecule has 0 bridgehead atoms. The number of carbonyl (C=O) groups excluding carboxylic acids is 1. The van der Waals surface area contributed by atoms with Gasteiger partial charge in [-0.2, -0.15) is 0 Å². The van der Waals surface area contributed by atoms with Crippen LogP contribution in [0.4, 0.5) is 15.8 Å². The van der Waals surface area contributed by atoms with Gasteiger partial charge in [0.2, 0.25) is 5.91 Å². The van der Waals surface area contributed by atoms with Crippen LogP contribution in [0.25, 0.3) is 16.6 Å². The molecule has 0 saturated heterocycles. The minimum absolute atomic E-state index is 0.137. The van der Waals surface area contributed by atoms with Gasteiger partial charge >= 0.3 is 0 Å². The first kappa shape index (κ1) is 22.4. The number of nitro groups is 1. The van der Waals surface area contributed by atoms with Crippen LogP contribution in [0.15, 0.2) is 76.7 Å². The predicted molar refractivity (Wildman–Crippen MR) is 125 cm³/mol. The lowest BCUT2D eigenvalue weighted by Gasteiger charge is -2.13. The van der Waals surface area contributed by atoms with Crippen molar-refractivity contribution in [1.29, 1.82) is 0 Å². The zero-order valence-electron chi connectivity index (χ0n) is 16.7. The Bertz CT molecular complexity index is 1460. The van der Waals surface area contributed by atoms with Crippen molar-refractivity contribution in [2.45, 2.75) is 5.16 Å². The molecule has 0 saturated carbocycles. The lowest BCUT2D eigenvalue weighted by Crippen LogP contribution is -2.23. The molecule has 8 nitrogen and oxygen atoms in total. The Labute approximate surface area is 195 Å². The van der Waals surface area contributed by atoms with Gasteiger partial charge in [-0.1, -0.05) is 41.6 Å². The number of fused-ring (bicyclic) bond motifs is 1. The molecule has 0 aliphatic rings. The fraction of sp³-hybridized carbons (Fsp3) is 0.0455. The summed E-state index contributed by atoms with van der Waals surface area (Å²) in [5.41, 5.74) is 0.451. The maximum Gasteiger partial charge on any atom is 0.271 e. The number of hydrogen-bond acceptors (Lipinski definition) is 6. The van der Waals surface area contributed by atoms with Crippen molar-refractivity contribution in [1.82, 2.24) is 9.55 Å². The Morgan fingerprint density at radius 3 is 2.70 bits per heavy atom. The molecule has 166 valence electrons. The fourth-order valence-corrected chi connectivity index (χ4v) is 4.07. The summed E-state index contributed by atoms with van der Waals surface area (Å²) in [7, 11) is 0. The standard InChI is InChI=1S/C22H14ClFN4O4S/c23-17-11-14(8-9-18(17)24)27-21(30)16-6-1-2-7-19(16)26-22(27)33-12-20(29)25-13-4-3-5-15(10-13)28(31)32/h1-11H,12H2,(H,25,29). The van der Waals surface area contributed by atoms with Crippen LogP contribution in [-0.2, 0) is 4.79 Å². The molecule has 33 heavy (non-hydrogen) atoms. The lowest BCUT2D eigenvalue weighted by atomic mass is 10.2. The molecule has 1 aromatic heterocycles. The molecule has 4 aromatic rings. The van der Waals surface area contributed by atoms with Gasteiger partial charge in [-0.15, -0.1) is 0 Å². The van der Waals surface area contributed by atoms with Crippen LogP contribution < -0.4 is 10.9 Å². The minimum Gasteiger partial charge on any atom is -0.325 e. The highest BCUT2D eigenvalue weighted by Gasteiger charge is 2.16. The highest BCUT2D eigenvalue weighted by atomic mass is 35.5. The second-order valence-electron chi connectivity index (χ2n) is 6.79. The molecule has 3 aromatic carbocycles. The maximum absolute atomic E-state index is 13.7. The molecule has 0 aliphatic carbocycles. The lowest BCUT2D eigenvalue weighted by molar-refractivity contribution is -0.384. The number of aromatic nitrogens is 2. The highest BCUT2D eigenvalue weighted by molar-refractivity contribution is 7.99. The van der Waals surface area contributed by atoms with Crippen LogP contribution in [0.5, 0.6) is 0 Å². The normalized spacial score (nSPS) is 10.8. The zero-order chi connectivity index (χ0) is 23.5. The van der Waals surface area contributed by atoms with Gasteiger partial charge in [0.15, 0.2) is 5.16 Å². The van der Waals surface area contributed by atoms with Crippen molar-refractivity contribution >= 4 is 51.5 Å². The number of para-hydroxylation sites is 1. The number of thioether (sulfide) groups is 1. The molecule has 0 fully saturated rings. The summed E-state index contributed by atoms with van der Waals surface area (Å²) in [5.74, 6) is -1.22. The van der Waals surface area contributed by atoms with E-state index in [4.69, 9.17) is 11.6 Å². The first-order valence-corrected chi connectivity index (χ1v) is 10.8. The molecule has 0 radical (unpaired) electrons. The van der Waals surface area contributed by atoms with Gasteiger partial charge in [-0.05, 0) is 36.4 Å². The molecule has 0 aliphatic heterocycles. The van der Waals surface area contributed by atoms with E-state index < -0.39 is 22.2 Å². The highest BCUT2D eigenvalue weighted by Crippen LogP contribution is 2.25. The van der Waals surface area contributed by atoms with E-state index in [1.807, 2.05) is 0 Å². The summed E-state index contributed by atoms with van der Waals surface area (Å²) in [6.45, 7) is 0. The Balaban J connectivity index is 1.66. The monoisotopic (exact) mass is 484 g/mol. The van der Waals surface area contributed by atoms with Gasteiger partial charge < -0.3 is 5.32 Å². The van der Waals surface area contributed by atoms with E-state index in [1.165, 1.54) is 41.0 Å². The van der Waals surface area contributed by atoms with Crippen LogP contribution in [0.1, 0.15) is 0 Å². The molecule has 0 unspecified atom stereocenters. The summed E-state index contributed by atoms with van der Waals surface area (Å²) in [6.07, 6.45) is 0. The molecule has 1 amide bonds. The van der Waals surface area contributed by atoms with Crippen molar-refractivity contribution in [2.75, 3.05) is 11.1 Å². The van der Waals surface area contributed by atoms with Crippen molar-refractivity contribution < 1.29 is 14.1 Å². The number of nitro benzene ring substituents is 1. The smallest absolute Gasteiger partial charge is 0.271 e. The van der Waals surface area contributed by atoms with Crippen molar-refractivity contribution in [2.24, 2.45) is 0 Å². The number of amides is 1. The number of halogens is 2. The predicted octanol–water partition coefficient (Wildman–Crippen LogP) is 4.82. The van der Waals surface area contributed by atoms with E-state index >= 15 is 0 Å². The van der Waals surface area contributed by atoms with E-state index in [9.17, 15) is 24.1 Å². The number of anilines is 1.